The first-order chi connectivity index (χ1) is 15.0. The Morgan fingerprint density at radius 3 is 2.68 bits per heavy atom. The number of morpholine rings is 1. The average Bonchev–Trinajstić information content (AvgIpc) is 3.26. The quantitative estimate of drug-likeness (QED) is 0.506. The molecule has 0 aliphatic carbocycles. The molecule has 0 saturated carbocycles. The molecule has 0 spiro atoms. The van der Waals surface area contributed by atoms with Gasteiger partial charge in [-0.2, -0.15) is 4.39 Å². The molecule has 1 aliphatic heterocycles. The minimum Gasteiger partial charge on any atom is -0.477 e. The lowest BCUT2D eigenvalue weighted by Gasteiger charge is -2.26. The molecule has 7 nitrogen and oxygen atoms in total. The fraction of sp³-hybridized carbons (Fsp3) is 0.524. The number of halogens is 2. The second-order valence-corrected chi connectivity index (χ2v) is 8.19. The third-order valence-electron chi connectivity index (χ3n) is 5.10. The van der Waals surface area contributed by atoms with Gasteiger partial charge in [-0.3, -0.25) is 4.79 Å². The maximum Gasteiger partial charge on any atom is 0.258 e. The van der Waals surface area contributed by atoms with Crippen molar-refractivity contribution in [3.05, 3.63) is 29.1 Å². The summed E-state index contributed by atoms with van der Waals surface area (Å²) >= 11 is 1.40. The van der Waals surface area contributed by atoms with Crippen molar-refractivity contribution in [1.29, 1.82) is 0 Å². The van der Waals surface area contributed by atoms with Crippen molar-refractivity contribution < 1.29 is 23.0 Å². The van der Waals surface area contributed by atoms with Gasteiger partial charge in [-0.15, -0.1) is 11.3 Å². The van der Waals surface area contributed by atoms with Crippen LogP contribution in [-0.4, -0.2) is 49.8 Å². The lowest BCUT2D eigenvalue weighted by molar-refractivity contribution is -0.125. The van der Waals surface area contributed by atoms with Gasteiger partial charge < -0.3 is 25.8 Å². The van der Waals surface area contributed by atoms with Gasteiger partial charge in [0.2, 0.25) is 5.82 Å². The van der Waals surface area contributed by atoms with Crippen molar-refractivity contribution in [1.82, 2.24) is 4.98 Å². The molecule has 3 rings (SSSR count). The predicted molar refractivity (Wildman–Crippen MR) is 116 cm³/mol. The number of amides is 1. The molecule has 1 saturated heterocycles. The molecule has 0 bridgehead atoms. The summed E-state index contributed by atoms with van der Waals surface area (Å²) in [5.41, 5.74) is 11.7. The average molecular weight is 455 g/mol. The summed E-state index contributed by atoms with van der Waals surface area (Å²) in [7, 11) is 0. The highest BCUT2D eigenvalue weighted by Crippen LogP contribution is 2.37. The zero-order valence-corrected chi connectivity index (χ0v) is 18.1. The molecule has 31 heavy (non-hydrogen) atoms. The minimum atomic E-state index is -1.16. The first kappa shape index (κ1) is 23.4. The van der Waals surface area contributed by atoms with Crippen LogP contribution in [0.15, 0.2) is 17.5 Å². The van der Waals surface area contributed by atoms with Crippen LogP contribution in [0.2, 0.25) is 0 Å². The van der Waals surface area contributed by atoms with E-state index in [0.717, 1.165) is 30.5 Å². The molecule has 0 radical (unpaired) electrons. The molecular formula is C21H28F2N4O3S. The Morgan fingerprint density at radius 1 is 1.23 bits per heavy atom. The van der Waals surface area contributed by atoms with E-state index in [1.165, 1.54) is 17.4 Å². The van der Waals surface area contributed by atoms with Crippen LogP contribution in [0.3, 0.4) is 0 Å². The van der Waals surface area contributed by atoms with E-state index in [-0.39, 0.29) is 11.3 Å². The molecule has 1 aromatic carbocycles. The highest BCUT2D eigenvalue weighted by Gasteiger charge is 2.25. The van der Waals surface area contributed by atoms with Crippen molar-refractivity contribution in [2.24, 2.45) is 11.5 Å². The summed E-state index contributed by atoms with van der Waals surface area (Å²) in [5, 5.41) is 2.52. The molecule has 2 heterocycles. The van der Waals surface area contributed by atoms with Crippen LogP contribution in [0.4, 0.5) is 13.9 Å². The Kier molecular flexibility index (Phi) is 8.56. The van der Waals surface area contributed by atoms with Gasteiger partial charge >= 0.3 is 0 Å². The molecule has 4 N–H and O–H groups in total. The summed E-state index contributed by atoms with van der Waals surface area (Å²) in [6, 6.07) is 2.43. The third-order valence-corrected chi connectivity index (χ3v) is 6.00. The summed E-state index contributed by atoms with van der Waals surface area (Å²) < 4.78 is 39.7. The third kappa shape index (κ3) is 6.11. The molecule has 1 atom stereocenters. The van der Waals surface area contributed by atoms with Crippen LogP contribution in [0, 0.1) is 11.6 Å². The number of aromatic nitrogens is 1. The van der Waals surface area contributed by atoms with Gasteiger partial charge in [0, 0.05) is 24.0 Å². The van der Waals surface area contributed by atoms with Gasteiger partial charge in [-0.1, -0.05) is 12.8 Å². The van der Waals surface area contributed by atoms with Crippen LogP contribution in [0.1, 0.15) is 32.1 Å². The van der Waals surface area contributed by atoms with Crippen LogP contribution < -0.4 is 21.1 Å². The second-order valence-electron chi connectivity index (χ2n) is 7.35. The zero-order chi connectivity index (χ0) is 22.2. The Hall–Kier alpha value is -2.30. The molecule has 1 fully saturated rings. The van der Waals surface area contributed by atoms with Crippen molar-refractivity contribution >= 4 is 22.4 Å². The van der Waals surface area contributed by atoms with E-state index >= 15 is 0 Å². The number of carbonyl (C=O) groups is 1. The fourth-order valence-electron chi connectivity index (χ4n) is 3.37. The number of carbonyl (C=O) groups excluding carboxylic acids is 1. The Morgan fingerprint density at radius 2 is 1.97 bits per heavy atom. The minimum absolute atomic E-state index is 0.282. The molecule has 1 unspecified atom stereocenters. The number of nitrogens with two attached hydrogens (primary N) is 2. The Bertz CT molecular complexity index is 874. The monoisotopic (exact) mass is 454 g/mol. The largest absolute Gasteiger partial charge is 0.477 e. The lowest BCUT2D eigenvalue weighted by Crippen LogP contribution is -2.36. The van der Waals surface area contributed by atoms with Gasteiger partial charge in [-0.25, -0.2) is 9.37 Å². The smallest absolute Gasteiger partial charge is 0.258 e. The number of thiazole rings is 1. The van der Waals surface area contributed by atoms with E-state index in [1.807, 2.05) is 0 Å². The SMILES string of the molecule is NCCCCCCC(Oc1c(-c2csc(N3CCOCC3)n2)ccc(F)c1F)C(N)=O. The molecule has 170 valence electrons. The Balaban J connectivity index is 1.80. The maximum absolute atomic E-state index is 14.7. The fourth-order valence-corrected chi connectivity index (χ4v) is 4.25. The molecule has 1 aromatic heterocycles. The van der Waals surface area contributed by atoms with Crippen molar-refractivity contribution in [3.63, 3.8) is 0 Å². The molecule has 1 aliphatic rings. The number of nitrogens with zero attached hydrogens (tertiary/aromatic N) is 2. The number of anilines is 1. The summed E-state index contributed by atoms with van der Waals surface area (Å²) in [4.78, 5) is 18.6. The van der Waals surface area contributed by atoms with Gasteiger partial charge in [-0.05, 0) is 37.9 Å². The van der Waals surface area contributed by atoms with Gasteiger partial charge in [0.15, 0.2) is 22.8 Å². The van der Waals surface area contributed by atoms with E-state index in [9.17, 15) is 13.6 Å². The predicted octanol–water partition coefficient (Wildman–Crippen LogP) is 3.07. The number of benzene rings is 1. The summed E-state index contributed by atoms with van der Waals surface area (Å²) in [6.45, 7) is 3.25. The van der Waals surface area contributed by atoms with Crippen LogP contribution >= 0.6 is 11.3 Å². The zero-order valence-electron chi connectivity index (χ0n) is 17.3. The first-order valence-electron chi connectivity index (χ1n) is 10.4. The number of rotatable bonds is 11. The number of primary amides is 1. The van der Waals surface area contributed by atoms with Gasteiger partial charge in [0.05, 0.1) is 18.9 Å². The van der Waals surface area contributed by atoms with E-state index < -0.39 is 23.6 Å². The van der Waals surface area contributed by atoms with Crippen LogP contribution in [0.5, 0.6) is 5.75 Å². The van der Waals surface area contributed by atoms with E-state index in [2.05, 4.69) is 9.88 Å². The first-order valence-corrected chi connectivity index (χ1v) is 11.3. The standard InChI is InChI=1S/C21H28F2N4O3S/c22-15-7-6-14(16-13-31-21(26-16)27-9-11-29-12-10-27)19(18(15)23)30-17(20(25)28)5-3-1-2-4-8-24/h6-7,13,17H,1-5,8-12,24H2,(H2,25,28). The number of hydrogen-bond acceptors (Lipinski definition) is 7. The van der Waals surface area contributed by atoms with E-state index in [1.54, 1.807) is 5.38 Å². The highest BCUT2D eigenvalue weighted by atomic mass is 32.1. The van der Waals surface area contributed by atoms with Gasteiger partial charge in [0.25, 0.3) is 5.91 Å². The normalized spacial score (nSPS) is 15.1. The maximum atomic E-state index is 14.7. The van der Waals surface area contributed by atoms with Crippen molar-refractivity contribution in [2.45, 2.75) is 38.2 Å². The molecular weight excluding hydrogens is 426 g/mol. The topological polar surface area (TPSA) is 104 Å². The van der Waals surface area contributed by atoms with Crippen LogP contribution in [-0.2, 0) is 9.53 Å². The van der Waals surface area contributed by atoms with E-state index in [4.69, 9.17) is 20.9 Å². The Labute approximate surface area is 184 Å². The van der Waals surface area contributed by atoms with Crippen molar-refractivity contribution in [3.8, 4) is 17.0 Å². The molecule has 2 aromatic rings. The van der Waals surface area contributed by atoms with Crippen LogP contribution in [0.25, 0.3) is 11.3 Å². The molecule has 1 amide bonds. The highest BCUT2D eigenvalue weighted by molar-refractivity contribution is 7.14. The van der Waals surface area contributed by atoms with E-state index in [0.29, 0.717) is 51.4 Å². The summed E-state index contributed by atoms with van der Waals surface area (Å²) in [5.74, 6) is -3.29. The van der Waals surface area contributed by atoms with Gasteiger partial charge in [0.1, 0.15) is 0 Å². The van der Waals surface area contributed by atoms with Crippen molar-refractivity contribution in [2.75, 3.05) is 37.7 Å². The number of unbranched alkanes of at least 4 members (excludes halogenated alkanes) is 3. The molecule has 10 heteroatoms. The summed E-state index contributed by atoms with van der Waals surface area (Å²) in [6.07, 6.45) is 2.57. The second kappa shape index (κ2) is 11.4. The number of hydrogen-bond donors (Lipinski definition) is 2. The number of ether oxygens (including phenoxy) is 2. The lowest BCUT2D eigenvalue weighted by atomic mass is 10.1.